The lowest BCUT2D eigenvalue weighted by Gasteiger charge is -2.16. The third-order valence-electron chi connectivity index (χ3n) is 6.31. The fourth-order valence-corrected chi connectivity index (χ4v) is 6.09. The van der Waals surface area contributed by atoms with E-state index >= 15 is 0 Å². The molecule has 2 saturated heterocycles. The minimum Gasteiger partial charge on any atom is -0.490 e. The van der Waals surface area contributed by atoms with E-state index in [4.69, 9.17) is 9.47 Å². The van der Waals surface area contributed by atoms with E-state index in [2.05, 4.69) is 37.6 Å². The van der Waals surface area contributed by atoms with Gasteiger partial charge in [-0.25, -0.2) is 4.79 Å². The molecular formula is C27H32N6O5S. The molecule has 0 spiro atoms. The molecule has 3 amide bonds. The molecule has 0 aliphatic carbocycles. The van der Waals surface area contributed by atoms with Gasteiger partial charge >= 0.3 is 12.0 Å². The molecule has 2 fully saturated rings. The number of ether oxygens (including phenoxy) is 2. The molecule has 1 aromatic carbocycles. The summed E-state index contributed by atoms with van der Waals surface area (Å²) in [4.78, 5) is 48.4. The number of rotatable bonds is 13. The summed E-state index contributed by atoms with van der Waals surface area (Å²) in [6.07, 6.45) is 7.31. The highest BCUT2D eigenvalue weighted by atomic mass is 32.2. The Morgan fingerprint density at radius 2 is 2.15 bits per heavy atom. The summed E-state index contributed by atoms with van der Waals surface area (Å²) in [5, 5.41) is 9.88. The molecule has 0 radical (unpaired) electrons. The van der Waals surface area contributed by atoms with Crippen LogP contribution in [0.1, 0.15) is 32.6 Å². The molecule has 12 heteroatoms. The zero-order valence-electron chi connectivity index (χ0n) is 21.7. The Balaban J connectivity index is 1.22. The van der Waals surface area contributed by atoms with Crippen LogP contribution in [0.3, 0.4) is 0 Å². The van der Waals surface area contributed by atoms with Crippen molar-refractivity contribution in [2.45, 2.75) is 49.9 Å². The molecular weight excluding hydrogens is 520 g/mol. The Morgan fingerprint density at radius 3 is 2.97 bits per heavy atom. The first-order valence-electron chi connectivity index (χ1n) is 12.8. The van der Waals surface area contributed by atoms with Crippen LogP contribution >= 0.6 is 11.8 Å². The maximum atomic E-state index is 12.7. The number of amides is 3. The summed E-state index contributed by atoms with van der Waals surface area (Å²) in [7, 11) is 0. The molecule has 4 rings (SSSR count). The second-order valence-electron chi connectivity index (χ2n) is 9.02. The molecule has 206 valence electrons. The summed E-state index contributed by atoms with van der Waals surface area (Å²) in [5.41, 5.74) is 1.14. The fraction of sp³-hybridized carbons (Fsp3) is 0.407. The Hall–Kier alpha value is -3.93. The summed E-state index contributed by atoms with van der Waals surface area (Å²) in [6.45, 7) is 5.34. The molecule has 2 aliphatic heterocycles. The number of nitrogens with one attached hydrogen (secondary N) is 3. The van der Waals surface area contributed by atoms with Gasteiger partial charge in [-0.15, -0.1) is 0 Å². The first-order valence-corrected chi connectivity index (χ1v) is 13.8. The number of aliphatic imine (C=N–C) groups is 2. The number of urea groups is 1. The van der Waals surface area contributed by atoms with E-state index in [1.54, 1.807) is 31.3 Å². The van der Waals surface area contributed by atoms with E-state index in [0.29, 0.717) is 28.6 Å². The van der Waals surface area contributed by atoms with Crippen LogP contribution in [0.4, 0.5) is 10.5 Å². The van der Waals surface area contributed by atoms with Crippen molar-refractivity contribution in [3.63, 3.8) is 0 Å². The summed E-state index contributed by atoms with van der Waals surface area (Å²) in [6, 6.07) is 7.42. The second-order valence-corrected chi connectivity index (χ2v) is 10.3. The molecule has 39 heavy (non-hydrogen) atoms. The number of aromatic nitrogens is 1. The number of carbonyl (C=O) groups excluding carboxylic acids is 3. The number of carbonyl (C=O) groups is 3. The van der Waals surface area contributed by atoms with Crippen molar-refractivity contribution in [2.75, 3.05) is 24.3 Å². The summed E-state index contributed by atoms with van der Waals surface area (Å²) in [5.74, 6) is 0.688. The Kier molecular flexibility index (Phi) is 9.90. The number of benzene rings is 1. The SMILES string of the molecule is C=N/C=C(\N=CC)C(=O)Nc1cc(OCCOC(=O)CCCCC2SCC3NC(=O)NC32)cc2cccnc12. The Labute approximate surface area is 230 Å². The number of anilines is 1. The lowest BCUT2D eigenvalue weighted by molar-refractivity contribution is -0.144. The van der Waals surface area contributed by atoms with Gasteiger partial charge in [-0.1, -0.05) is 12.5 Å². The molecule has 2 aliphatic rings. The lowest BCUT2D eigenvalue weighted by Crippen LogP contribution is -2.36. The van der Waals surface area contributed by atoms with Crippen LogP contribution in [0.15, 0.2) is 52.3 Å². The van der Waals surface area contributed by atoms with Gasteiger partial charge in [0.05, 0.1) is 29.5 Å². The number of nitrogens with zero attached hydrogens (tertiary/aromatic N) is 3. The van der Waals surface area contributed by atoms with Gasteiger partial charge < -0.3 is 25.4 Å². The molecule has 3 unspecified atom stereocenters. The van der Waals surface area contributed by atoms with Crippen LogP contribution in [0.2, 0.25) is 0 Å². The van der Waals surface area contributed by atoms with E-state index in [1.165, 1.54) is 12.4 Å². The van der Waals surface area contributed by atoms with Gasteiger partial charge in [0.25, 0.3) is 5.91 Å². The predicted octanol–water partition coefficient (Wildman–Crippen LogP) is 3.45. The summed E-state index contributed by atoms with van der Waals surface area (Å²) >= 11 is 1.87. The van der Waals surface area contributed by atoms with E-state index in [0.717, 1.165) is 30.4 Å². The van der Waals surface area contributed by atoms with Crippen LogP contribution in [0, 0.1) is 0 Å². The van der Waals surface area contributed by atoms with Gasteiger partial charge in [0.15, 0.2) is 0 Å². The molecule has 1 aromatic heterocycles. The zero-order chi connectivity index (χ0) is 27.6. The van der Waals surface area contributed by atoms with Crippen molar-refractivity contribution >= 4 is 59.2 Å². The monoisotopic (exact) mass is 552 g/mol. The maximum Gasteiger partial charge on any atom is 0.315 e. The van der Waals surface area contributed by atoms with E-state index in [9.17, 15) is 14.4 Å². The topological polar surface area (TPSA) is 143 Å². The average Bonchev–Trinajstić information content (AvgIpc) is 3.48. The normalized spacial score (nSPS) is 20.4. The molecule has 2 aromatic rings. The number of pyridine rings is 1. The number of thioether (sulfide) groups is 1. The number of unbranched alkanes of at least 4 members (excludes halogenated alkanes) is 1. The standard InChI is InChI=1S/C27H32N6O5S/c1-3-29-20(15-28-2)26(35)31-19-14-18(13-17-7-6-10-30-24(17)19)37-11-12-38-23(34)9-5-4-8-22-25-21(16-39-22)32-27(36)33-25/h3,6-7,10,13-15,21-22,25H,2,4-5,8-9,11-12,16H2,1H3,(H,31,35)(H2,32,33,36)/b20-15-,29-3?. The minimum absolute atomic E-state index is 0.0866. The third-order valence-corrected chi connectivity index (χ3v) is 7.82. The van der Waals surface area contributed by atoms with Crippen LogP contribution in [0.5, 0.6) is 5.75 Å². The maximum absolute atomic E-state index is 12.7. The summed E-state index contributed by atoms with van der Waals surface area (Å²) < 4.78 is 11.1. The molecule has 11 nitrogen and oxygen atoms in total. The average molecular weight is 553 g/mol. The van der Waals surface area contributed by atoms with Gasteiger partial charge in [-0.05, 0) is 38.6 Å². The van der Waals surface area contributed by atoms with Crippen molar-refractivity contribution in [3.05, 3.63) is 42.4 Å². The quantitative estimate of drug-likeness (QED) is 0.114. The predicted molar refractivity (Wildman–Crippen MR) is 153 cm³/mol. The van der Waals surface area contributed by atoms with Gasteiger partial charge in [-0.3, -0.25) is 24.6 Å². The highest BCUT2D eigenvalue weighted by Gasteiger charge is 2.42. The molecule has 0 saturated carbocycles. The number of esters is 1. The smallest absolute Gasteiger partial charge is 0.315 e. The van der Waals surface area contributed by atoms with Crippen molar-refractivity contribution in [1.82, 2.24) is 15.6 Å². The van der Waals surface area contributed by atoms with Gasteiger partial charge in [-0.2, -0.15) is 11.8 Å². The molecule has 3 N–H and O–H groups in total. The number of fused-ring (bicyclic) bond motifs is 2. The second kappa shape index (κ2) is 13.7. The van der Waals surface area contributed by atoms with Crippen molar-refractivity contribution < 1.29 is 23.9 Å². The zero-order valence-corrected chi connectivity index (χ0v) is 22.5. The van der Waals surface area contributed by atoms with Crippen molar-refractivity contribution in [3.8, 4) is 5.75 Å². The minimum atomic E-state index is -0.463. The van der Waals surface area contributed by atoms with Gasteiger partial charge in [0.2, 0.25) is 0 Å². The highest BCUT2D eigenvalue weighted by molar-refractivity contribution is 8.00. The Morgan fingerprint density at radius 1 is 1.28 bits per heavy atom. The van der Waals surface area contributed by atoms with Crippen LogP contribution in [0.25, 0.3) is 10.9 Å². The van der Waals surface area contributed by atoms with Crippen molar-refractivity contribution in [1.29, 1.82) is 0 Å². The van der Waals surface area contributed by atoms with E-state index in [-0.39, 0.29) is 43.0 Å². The Bertz CT molecular complexity index is 1280. The molecule has 3 heterocycles. The lowest BCUT2D eigenvalue weighted by atomic mass is 10.0. The van der Waals surface area contributed by atoms with Gasteiger partial charge in [0, 0.05) is 41.3 Å². The third kappa shape index (κ3) is 7.56. The molecule has 0 bridgehead atoms. The van der Waals surface area contributed by atoms with Gasteiger partial charge in [0.1, 0.15) is 24.7 Å². The number of hydrogen-bond donors (Lipinski definition) is 3. The van der Waals surface area contributed by atoms with E-state index < -0.39 is 5.91 Å². The first-order chi connectivity index (χ1) is 19.0. The van der Waals surface area contributed by atoms with Crippen LogP contribution in [-0.2, 0) is 14.3 Å². The van der Waals surface area contributed by atoms with Crippen LogP contribution < -0.4 is 20.7 Å². The first kappa shape index (κ1) is 28.1. The highest BCUT2D eigenvalue weighted by Crippen LogP contribution is 2.33. The largest absolute Gasteiger partial charge is 0.490 e. The van der Waals surface area contributed by atoms with Crippen molar-refractivity contribution in [2.24, 2.45) is 9.98 Å². The number of hydrogen-bond acceptors (Lipinski definition) is 9. The fourth-order valence-electron chi connectivity index (χ4n) is 4.55. The molecule has 3 atom stereocenters. The van der Waals surface area contributed by atoms with Crippen LogP contribution in [-0.4, -0.2) is 72.1 Å². The van der Waals surface area contributed by atoms with E-state index in [1.807, 2.05) is 17.8 Å².